The molecule has 3 N–H and O–H groups in total. The SMILES string of the molecule is CCc1ccc(-c2ccc(N[C@H]3CCCC[C@@H]3C)nn2)cc1S(N)(=O)=O. The topological polar surface area (TPSA) is 98.0 Å². The second-order valence-corrected chi connectivity index (χ2v) is 8.57. The Morgan fingerprint density at radius 3 is 2.54 bits per heavy atom. The largest absolute Gasteiger partial charge is 0.366 e. The molecule has 2 aromatic rings. The molecule has 140 valence electrons. The molecular weight excluding hydrogens is 348 g/mol. The number of aromatic nitrogens is 2. The molecule has 1 aliphatic rings. The first kappa shape index (κ1) is 18.8. The van der Waals surface area contributed by atoms with E-state index in [2.05, 4.69) is 22.4 Å². The van der Waals surface area contributed by atoms with Gasteiger partial charge < -0.3 is 5.32 Å². The Morgan fingerprint density at radius 2 is 1.92 bits per heavy atom. The van der Waals surface area contributed by atoms with Crippen LogP contribution in [-0.2, 0) is 16.4 Å². The fourth-order valence-electron chi connectivity index (χ4n) is 3.55. The first-order chi connectivity index (χ1) is 12.4. The summed E-state index contributed by atoms with van der Waals surface area (Å²) >= 11 is 0. The number of nitrogens with one attached hydrogen (secondary N) is 1. The van der Waals surface area contributed by atoms with E-state index in [0.717, 1.165) is 12.2 Å². The van der Waals surface area contributed by atoms with E-state index in [4.69, 9.17) is 5.14 Å². The van der Waals surface area contributed by atoms with Crippen LogP contribution in [-0.4, -0.2) is 24.7 Å². The Balaban J connectivity index is 1.82. The molecule has 1 aromatic heterocycles. The third-order valence-corrected chi connectivity index (χ3v) is 6.15. The Labute approximate surface area is 155 Å². The summed E-state index contributed by atoms with van der Waals surface area (Å²) in [4.78, 5) is 0.150. The highest BCUT2D eigenvalue weighted by Gasteiger charge is 2.21. The molecule has 0 spiro atoms. The van der Waals surface area contributed by atoms with Crippen molar-refractivity contribution < 1.29 is 8.42 Å². The van der Waals surface area contributed by atoms with Crippen molar-refractivity contribution in [3.8, 4) is 11.3 Å². The molecule has 0 unspecified atom stereocenters. The van der Waals surface area contributed by atoms with Crippen molar-refractivity contribution >= 4 is 15.8 Å². The normalized spacial score (nSPS) is 20.7. The molecule has 1 fully saturated rings. The van der Waals surface area contributed by atoms with Gasteiger partial charge in [-0.2, -0.15) is 0 Å². The fourth-order valence-corrected chi connectivity index (χ4v) is 4.42. The number of nitrogens with zero attached hydrogens (tertiary/aromatic N) is 2. The molecule has 0 saturated heterocycles. The van der Waals surface area contributed by atoms with Gasteiger partial charge in [-0.05, 0) is 48.9 Å². The molecule has 1 heterocycles. The van der Waals surface area contributed by atoms with E-state index in [1.54, 1.807) is 12.1 Å². The lowest BCUT2D eigenvalue weighted by atomic mass is 9.86. The second kappa shape index (κ2) is 7.72. The van der Waals surface area contributed by atoms with Gasteiger partial charge in [0.2, 0.25) is 10.0 Å². The van der Waals surface area contributed by atoms with Gasteiger partial charge in [-0.1, -0.05) is 38.8 Å². The molecule has 1 saturated carbocycles. The van der Waals surface area contributed by atoms with Gasteiger partial charge in [0.15, 0.2) is 0 Å². The molecular formula is C19H26N4O2S. The van der Waals surface area contributed by atoms with E-state index in [9.17, 15) is 8.42 Å². The summed E-state index contributed by atoms with van der Waals surface area (Å²) in [6, 6.07) is 9.40. The molecule has 0 aliphatic heterocycles. The first-order valence-corrected chi connectivity index (χ1v) is 10.7. The predicted molar refractivity (Wildman–Crippen MR) is 103 cm³/mol. The lowest BCUT2D eigenvalue weighted by Crippen LogP contribution is -2.30. The summed E-state index contributed by atoms with van der Waals surface area (Å²) in [6.45, 7) is 4.17. The summed E-state index contributed by atoms with van der Waals surface area (Å²) in [6.07, 6.45) is 5.53. The number of rotatable bonds is 5. The third kappa shape index (κ3) is 4.22. The zero-order valence-electron chi connectivity index (χ0n) is 15.3. The van der Waals surface area contributed by atoms with Gasteiger partial charge in [0.25, 0.3) is 0 Å². The number of anilines is 1. The molecule has 7 heteroatoms. The van der Waals surface area contributed by atoms with Crippen molar-refractivity contribution in [3.63, 3.8) is 0 Å². The number of hydrogen-bond donors (Lipinski definition) is 2. The molecule has 26 heavy (non-hydrogen) atoms. The zero-order chi connectivity index (χ0) is 18.7. The van der Waals surface area contributed by atoms with Crippen molar-refractivity contribution in [1.29, 1.82) is 0 Å². The number of benzene rings is 1. The minimum atomic E-state index is -3.77. The molecule has 3 rings (SSSR count). The van der Waals surface area contributed by atoms with Crippen molar-refractivity contribution in [2.45, 2.75) is 56.9 Å². The average Bonchev–Trinajstić information content (AvgIpc) is 2.63. The van der Waals surface area contributed by atoms with Crippen LogP contribution >= 0.6 is 0 Å². The van der Waals surface area contributed by atoms with Gasteiger partial charge in [0.1, 0.15) is 5.82 Å². The summed E-state index contributed by atoms with van der Waals surface area (Å²) in [5.41, 5.74) is 2.02. The number of aryl methyl sites for hydroxylation is 1. The monoisotopic (exact) mass is 374 g/mol. The van der Waals surface area contributed by atoms with Gasteiger partial charge in [0.05, 0.1) is 10.6 Å². The number of sulfonamides is 1. The van der Waals surface area contributed by atoms with Gasteiger partial charge in [-0.3, -0.25) is 0 Å². The van der Waals surface area contributed by atoms with Crippen LogP contribution in [0.5, 0.6) is 0 Å². The van der Waals surface area contributed by atoms with Crippen LogP contribution in [0.1, 0.15) is 45.1 Å². The average molecular weight is 375 g/mol. The van der Waals surface area contributed by atoms with Gasteiger partial charge >= 0.3 is 0 Å². The van der Waals surface area contributed by atoms with E-state index in [0.29, 0.717) is 35.2 Å². The lowest BCUT2D eigenvalue weighted by Gasteiger charge is -2.29. The summed E-state index contributed by atoms with van der Waals surface area (Å²) in [7, 11) is -3.77. The first-order valence-electron chi connectivity index (χ1n) is 9.15. The minimum Gasteiger partial charge on any atom is -0.366 e. The zero-order valence-corrected chi connectivity index (χ0v) is 16.1. The van der Waals surface area contributed by atoms with E-state index in [1.807, 2.05) is 25.1 Å². The Hall–Kier alpha value is -1.99. The van der Waals surface area contributed by atoms with Crippen LogP contribution in [0.2, 0.25) is 0 Å². The third-order valence-electron chi connectivity index (χ3n) is 5.16. The van der Waals surface area contributed by atoms with Crippen LogP contribution in [0.25, 0.3) is 11.3 Å². The molecule has 2 atom stereocenters. The van der Waals surface area contributed by atoms with Crippen LogP contribution in [0.3, 0.4) is 0 Å². The van der Waals surface area contributed by atoms with Crippen LogP contribution in [0, 0.1) is 5.92 Å². The Morgan fingerprint density at radius 1 is 1.15 bits per heavy atom. The van der Waals surface area contributed by atoms with Crippen molar-refractivity contribution in [3.05, 3.63) is 35.9 Å². The molecule has 0 bridgehead atoms. The van der Waals surface area contributed by atoms with E-state index >= 15 is 0 Å². The number of nitrogens with two attached hydrogens (primary N) is 1. The van der Waals surface area contributed by atoms with Crippen LogP contribution in [0.4, 0.5) is 5.82 Å². The molecule has 0 radical (unpaired) electrons. The van der Waals surface area contributed by atoms with Crippen molar-refractivity contribution in [1.82, 2.24) is 10.2 Å². The van der Waals surface area contributed by atoms with Gasteiger partial charge in [-0.15, -0.1) is 10.2 Å². The molecule has 1 aliphatic carbocycles. The highest BCUT2D eigenvalue weighted by atomic mass is 32.2. The molecule has 1 aromatic carbocycles. The maximum atomic E-state index is 11.8. The molecule has 0 amide bonds. The summed E-state index contributed by atoms with van der Waals surface area (Å²) < 4.78 is 23.7. The van der Waals surface area contributed by atoms with E-state index in [-0.39, 0.29) is 4.90 Å². The van der Waals surface area contributed by atoms with Gasteiger partial charge in [0, 0.05) is 11.6 Å². The van der Waals surface area contributed by atoms with Crippen LogP contribution in [0.15, 0.2) is 35.2 Å². The maximum Gasteiger partial charge on any atom is 0.238 e. The maximum absolute atomic E-state index is 11.8. The number of hydrogen-bond acceptors (Lipinski definition) is 5. The Kier molecular flexibility index (Phi) is 5.58. The van der Waals surface area contributed by atoms with Gasteiger partial charge in [-0.25, -0.2) is 13.6 Å². The summed E-state index contributed by atoms with van der Waals surface area (Å²) in [5, 5.41) is 17.4. The smallest absolute Gasteiger partial charge is 0.238 e. The highest BCUT2D eigenvalue weighted by molar-refractivity contribution is 7.89. The Bertz CT molecular complexity index is 866. The van der Waals surface area contributed by atoms with Crippen molar-refractivity contribution in [2.24, 2.45) is 11.1 Å². The van der Waals surface area contributed by atoms with E-state index < -0.39 is 10.0 Å². The van der Waals surface area contributed by atoms with Crippen molar-refractivity contribution in [2.75, 3.05) is 5.32 Å². The van der Waals surface area contributed by atoms with Crippen LogP contribution < -0.4 is 10.5 Å². The predicted octanol–water partition coefficient (Wildman–Crippen LogP) is 3.34. The highest BCUT2D eigenvalue weighted by Crippen LogP contribution is 2.27. The second-order valence-electron chi connectivity index (χ2n) is 7.04. The van der Waals surface area contributed by atoms with E-state index in [1.165, 1.54) is 19.3 Å². The lowest BCUT2D eigenvalue weighted by molar-refractivity contribution is 0.349. The number of primary sulfonamides is 1. The quantitative estimate of drug-likeness (QED) is 0.836. The summed E-state index contributed by atoms with van der Waals surface area (Å²) in [5.74, 6) is 1.38. The fraction of sp³-hybridized carbons (Fsp3) is 0.474. The minimum absolute atomic E-state index is 0.150. The standard InChI is InChI=1S/C19H26N4O2S/c1-3-14-8-9-15(12-18(14)26(20,24)25)17-10-11-19(23-22-17)21-16-7-5-4-6-13(16)2/h8-13,16H,3-7H2,1-2H3,(H,21,23)(H2,20,24,25)/t13-,16-/m0/s1. The molecule has 6 nitrogen and oxygen atoms in total.